The summed E-state index contributed by atoms with van der Waals surface area (Å²) < 4.78 is 1.67. The smallest absolute Gasteiger partial charge is 0.251 e. The minimum absolute atomic E-state index is 0.0743. The Morgan fingerprint density at radius 2 is 1.94 bits per heavy atom. The Morgan fingerprint density at radius 1 is 1.19 bits per heavy atom. The standard InChI is InChI=1S/C23H30N6O2/c1-5-22-25-26-27-29(22)21-13-19(18-8-6-16(2)7-9-18)12-20(14-21)23(31)24-17(3)15-28(4)10-11-30/h6-9,12-14,17,30H,5,10-11,15H2,1-4H3,(H,24,31)/t17-/m1/s1. The Bertz CT molecular complexity index is 1020. The molecule has 1 atom stereocenters. The highest BCUT2D eigenvalue weighted by Gasteiger charge is 2.16. The first-order valence-corrected chi connectivity index (χ1v) is 10.5. The maximum atomic E-state index is 13.1. The predicted octanol–water partition coefficient (Wildman–Crippen LogP) is 2.24. The number of nitrogens with one attached hydrogen (secondary N) is 1. The van der Waals surface area contributed by atoms with Crippen LogP contribution in [0.25, 0.3) is 16.8 Å². The molecule has 0 spiro atoms. The molecular formula is C23H30N6O2. The molecule has 0 unspecified atom stereocenters. The van der Waals surface area contributed by atoms with E-state index in [1.54, 1.807) is 4.68 Å². The van der Waals surface area contributed by atoms with Crippen LogP contribution in [-0.2, 0) is 6.42 Å². The van der Waals surface area contributed by atoms with Crippen molar-refractivity contribution in [2.75, 3.05) is 26.7 Å². The summed E-state index contributed by atoms with van der Waals surface area (Å²) in [5.74, 6) is 0.567. The van der Waals surface area contributed by atoms with Gasteiger partial charge in [-0.2, -0.15) is 4.68 Å². The average molecular weight is 423 g/mol. The van der Waals surface area contributed by atoms with E-state index in [0.29, 0.717) is 25.1 Å². The van der Waals surface area contributed by atoms with Crippen LogP contribution in [0.15, 0.2) is 42.5 Å². The van der Waals surface area contributed by atoms with Crippen molar-refractivity contribution in [2.45, 2.75) is 33.2 Å². The van der Waals surface area contributed by atoms with Crippen molar-refractivity contribution in [3.05, 3.63) is 59.4 Å². The highest BCUT2D eigenvalue weighted by molar-refractivity contribution is 5.96. The number of hydrogen-bond acceptors (Lipinski definition) is 6. The SMILES string of the molecule is CCc1nnnn1-c1cc(C(=O)N[C@H](C)CN(C)CCO)cc(-c2ccc(C)cc2)c1. The first-order chi connectivity index (χ1) is 14.9. The van der Waals surface area contributed by atoms with Crippen molar-refractivity contribution in [1.82, 2.24) is 30.4 Å². The number of benzene rings is 2. The summed E-state index contributed by atoms with van der Waals surface area (Å²) in [6.45, 7) is 7.28. The number of aliphatic hydroxyl groups is 1. The third-order valence-electron chi connectivity index (χ3n) is 5.10. The molecule has 0 aliphatic rings. The number of amides is 1. The largest absolute Gasteiger partial charge is 0.395 e. The Morgan fingerprint density at radius 3 is 2.61 bits per heavy atom. The molecule has 1 heterocycles. The van der Waals surface area contributed by atoms with Crippen LogP contribution in [-0.4, -0.2) is 68.9 Å². The van der Waals surface area contributed by atoms with Crippen molar-refractivity contribution in [2.24, 2.45) is 0 Å². The number of carbonyl (C=O) groups is 1. The molecule has 164 valence electrons. The van der Waals surface area contributed by atoms with E-state index in [4.69, 9.17) is 5.11 Å². The highest BCUT2D eigenvalue weighted by atomic mass is 16.3. The van der Waals surface area contributed by atoms with Gasteiger partial charge in [0.1, 0.15) is 0 Å². The quantitative estimate of drug-likeness (QED) is 0.549. The summed E-state index contributed by atoms with van der Waals surface area (Å²) in [4.78, 5) is 15.0. The van der Waals surface area contributed by atoms with Gasteiger partial charge < -0.3 is 15.3 Å². The molecule has 0 saturated carbocycles. The first kappa shape index (κ1) is 22.6. The molecule has 0 aliphatic carbocycles. The van der Waals surface area contributed by atoms with E-state index in [1.807, 2.05) is 63.1 Å². The van der Waals surface area contributed by atoms with Gasteiger partial charge in [0, 0.05) is 31.1 Å². The molecule has 8 heteroatoms. The lowest BCUT2D eigenvalue weighted by atomic mass is 10.0. The molecule has 0 fully saturated rings. The fourth-order valence-electron chi connectivity index (χ4n) is 3.49. The zero-order valence-electron chi connectivity index (χ0n) is 18.5. The van der Waals surface area contributed by atoms with E-state index in [0.717, 1.165) is 22.6 Å². The maximum Gasteiger partial charge on any atom is 0.251 e. The Labute approximate surface area is 182 Å². The van der Waals surface area contributed by atoms with Crippen LogP contribution in [0.5, 0.6) is 0 Å². The second kappa shape index (κ2) is 10.3. The zero-order valence-corrected chi connectivity index (χ0v) is 18.5. The number of aromatic nitrogens is 4. The van der Waals surface area contributed by atoms with Gasteiger partial charge in [-0.1, -0.05) is 36.8 Å². The van der Waals surface area contributed by atoms with Crippen molar-refractivity contribution in [3.8, 4) is 16.8 Å². The van der Waals surface area contributed by atoms with E-state index in [-0.39, 0.29) is 18.6 Å². The number of nitrogens with zero attached hydrogens (tertiary/aromatic N) is 5. The lowest BCUT2D eigenvalue weighted by molar-refractivity contribution is 0.0930. The summed E-state index contributed by atoms with van der Waals surface area (Å²) >= 11 is 0. The maximum absolute atomic E-state index is 13.1. The van der Waals surface area contributed by atoms with E-state index in [1.165, 1.54) is 5.56 Å². The van der Waals surface area contributed by atoms with Crippen molar-refractivity contribution in [3.63, 3.8) is 0 Å². The van der Waals surface area contributed by atoms with Crippen molar-refractivity contribution in [1.29, 1.82) is 0 Å². The topological polar surface area (TPSA) is 96.2 Å². The zero-order chi connectivity index (χ0) is 22.4. The van der Waals surface area contributed by atoms with Crippen LogP contribution in [0.4, 0.5) is 0 Å². The monoisotopic (exact) mass is 422 g/mol. The average Bonchev–Trinajstić information content (AvgIpc) is 3.23. The lowest BCUT2D eigenvalue weighted by Crippen LogP contribution is -2.41. The van der Waals surface area contributed by atoms with Gasteiger partial charge in [-0.3, -0.25) is 4.79 Å². The van der Waals surface area contributed by atoms with Gasteiger partial charge in [-0.15, -0.1) is 5.10 Å². The van der Waals surface area contributed by atoms with E-state index >= 15 is 0 Å². The second-order valence-corrected chi connectivity index (χ2v) is 7.86. The molecule has 3 aromatic rings. The van der Waals surface area contributed by atoms with Crippen LogP contribution in [0.3, 0.4) is 0 Å². The minimum atomic E-state index is -0.161. The fraction of sp³-hybridized carbons (Fsp3) is 0.391. The van der Waals surface area contributed by atoms with Crippen LogP contribution in [0.2, 0.25) is 0 Å². The van der Waals surface area contributed by atoms with Gasteiger partial charge in [-0.05, 0) is 60.6 Å². The molecule has 31 heavy (non-hydrogen) atoms. The molecule has 2 N–H and O–H groups in total. The molecule has 0 saturated heterocycles. The highest BCUT2D eigenvalue weighted by Crippen LogP contribution is 2.25. The summed E-state index contributed by atoms with van der Waals surface area (Å²) in [5, 5.41) is 24.1. The molecule has 0 radical (unpaired) electrons. The van der Waals surface area contributed by atoms with Gasteiger partial charge in [0.05, 0.1) is 12.3 Å². The number of rotatable bonds is 9. The summed E-state index contributed by atoms with van der Waals surface area (Å²) in [5.41, 5.74) is 4.40. The van der Waals surface area contributed by atoms with Gasteiger partial charge in [0.25, 0.3) is 5.91 Å². The van der Waals surface area contributed by atoms with Gasteiger partial charge in [0.2, 0.25) is 0 Å². The molecule has 3 rings (SSSR count). The van der Waals surface area contributed by atoms with Crippen LogP contribution in [0.1, 0.15) is 35.6 Å². The molecule has 1 amide bonds. The first-order valence-electron chi connectivity index (χ1n) is 10.5. The van der Waals surface area contributed by atoms with Gasteiger partial charge in [-0.25, -0.2) is 0 Å². The molecule has 8 nitrogen and oxygen atoms in total. The normalized spacial score (nSPS) is 12.2. The number of aryl methyl sites for hydroxylation is 2. The van der Waals surface area contributed by atoms with Gasteiger partial charge >= 0.3 is 0 Å². The van der Waals surface area contributed by atoms with Crippen LogP contribution >= 0.6 is 0 Å². The molecule has 2 aromatic carbocycles. The van der Waals surface area contributed by atoms with Crippen molar-refractivity contribution < 1.29 is 9.90 Å². The third-order valence-corrected chi connectivity index (χ3v) is 5.10. The number of carbonyl (C=O) groups excluding carboxylic acids is 1. The molecular weight excluding hydrogens is 392 g/mol. The number of tetrazole rings is 1. The second-order valence-electron chi connectivity index (χ2n) is 7.86. The lowest BCUT2D eigenvalue weighted by Gasteiger charge is -2.21. The van der Waals surface area contributed by atoms with Crippen LogP contribution < -0.4 is 5.32 Å². The van der Waals surface area contributed by atoms with E-state index in [2.05, 4.69) is 33.0 Å². The fourth-order valence-corrected chi connectivity index (χ4v) is 3.49. The third kappa shape index (κ3) is 5.74. The molecule has 0 aliphatic heterocycles. The van der Waals surface area contributed by atoms with Crippen LogP contribution in [0, 0.1) is 6.92 Å². The summed E-state index contributed by atoms with van der Waals surface area (Å²) in [6, 6.07) is 13.8. The number of likely N-dealkylation sites (N-methyl/N-ethyl adjacent to an activating group) is 1. The number of hydrogen-bond donors (Lipinski definition) is 2. The summed E-state index contributed by atoms with van der Waals surface area (Å²) in [7, 11) is 1.92. The Balaban J connectivity index is 1.95. The Kier molecular flexibility index (Phi) is 7.49. The van der Waals surface area contributed by atoms with Gasteiger partial charge in [0.15, 0.2) is 5.82 Å². The minimum Gasteiger partial charge on any atom is -0.395 e. The summed E-state index contributed by atoms with van der Waals surface area (Å²) in [6.07, 6.45) is 0.678. The number of aliphatic hydroxyl groups excluding tert-OH is 1. The molecule has 1 aromatic heterocycles. The Hall–Kier alpha value is -3.10. The predicted molar refractivity (Wildman–Crippen MR) is 120 cm³/mol. The van der Waals surface area contributed by atoms with E-state index < -0.39 is 0 Å². The van der Waals surface area contributed by atoms with E-state index in [9.17, 15) is 4.79 Å². The molecule has 0 bridgehead atoms. The van der Waals surface area contributed by atoms with Crippen molar-refractivity contribution >= 4 is 5.91 Å².